The van der Waals surface area contributed by atoms with Gasteiger partial charge >= 0.3 is 0 Å². The van der Waals surface area contributed by atoms with Gasteiger partial charge in [-0.25, -0.2) is 18.4 Å². The molecular weight excluding hydrogens is 202 g/mol. The average Bonchev–Trinajstić information content (AvgIpc) is 1.99. The maximum atomic E-state index is 11.0. The Kier molecular flexibility index (Phi) is 3.05. The largest absolute Gasteiger partial charge is 0.373 e. The van der Waals surface area contributed by atoms with Gasteiger partial charge < -0.3 is 5.32 Å². The minimum atomic E-state index is -3.07. The van der Waals surface area contributed by atoms with Crippen LogP contribution in [-0.2, 0) is 15.6 Å². The Morgan fingerprint density at radius 3 is 2.57 bits per heavy atom. The van der Waals surface area contributed by atoms with Gasteiger partial charge in [-0.05, 0) is 6.92 Å². The van der Waals surface area contributed by atoms with Gasteiger partial charge in [0, 0.05) is 25.1 Å². The van der Waals surface area contributed by atoms with Crippen LogP contribution < -0.4 is 5.32 Å². The highest BCUT2D eigenvalue weighted by atomic mass is 32.2. The summed E-state index contributed by atoms with van der Waals surface area (Å²) in [4.78, 5) is 8.07. The van der Waals surface area contributed by atoms with Crippen molar-refractivity contribution in [3.8, 4) is 0 Å². The van der Waals surface area contributed by atoms with E-state index in [2.05, 4.69) is 15.3 Å². The quantitative estimate of drug-likeness (QED) is 0.788. The zero-order chi connectivity index (χ0) is 10.8. The first-order valence-corrected chi connectivity index (χ1v) is 6.17. The van der Waals surface area contributed by atoms with Crippen LogP contribution in [-0.4, -0.2) is 31.7 Å². The molecule has 14 heavy (non-hydrogen) atoms. The van der Waals surface area contributed by atoms with Crippen LogP contribution in [0.3, 0.4) is 0 Å². The highest BCUT2D eigenvalue weighted by Crippen LogP contribution is 2.07. The molecule has 0 radical (unpaired) electrons. The smallest absolute Gasteiger partial charge is 0.154 e. The number of hydrogen-bond acceptors (Lipinski definition) is 5. The minimum Gasteiger partial charge on any atom is -0.373 e. The number of rotatable bonds is 3. The number of aromatic nitrogens is 2. The van der Waals surface area contributed by atoms with Crippen LogP contribution in [0.15, 0.2) is 6.07 Å². The van der Waals surface area contributed by atoms with Crippen molar-refractivity contribution in [1.29, 1.82) is 0 Å². The molecule has 1 rings (SSSR count). The first kappa shape index (κ1) is 10.9. The van der Waals surface area contributed by atoms with E-state index in [0.717, 1.165) is 11.9 Å². The lowest BCUT2D eigenvalue weighted by Gasteiger charge is -2.03. The molecule has 6 heteroatoms. The summed E-state index contributed by atoms with van der Waals surface area (Å²) >= 11 is 0. The van der Waals surface area contributed by atoms with Gasteiger partial charge in [0.15, 0.2) is 9.84 Å². The van der Waals surface area contributed by atoms with Crippen LogP contribution in [0, 0.1) is 6.92 Å². The SMILES string of the molecule is CNc1cc(C)nc(CS(C)(=O)=O)n1. The van der Waals surface area contributed by atoms with Crippen LogP contribution in [0.25, 0.3) is 0 Å². The fourth-order valence-electron chi connectivity index (χ4n) is 1.06. The van der Waals surface area contributed by atoms with E-state index in [9.17, 15) is 8.42 Å². The molecule has 0 fully saturated rings. The lowest BCUT2D eigenvalue weighted by molar-refractivity contribution is 0.599. The van der Waals surface area contributed by atoms with E-state index in [1.165, 1.54) is 0 Å². The Balaban J connectivity index is 3.04. The summed E-state index contributed by atoms with van der Waals surface area (Å²) in [6, 6.07) is 1.76. The molecule has 0 atom stereocenters. The first-order chi connectivity index (χ1) is 6.40. The summed E-state index contributed by atoms with van der Waals surface area (Å²) in [6.07, 6.45) is 1.16. The summed E-state index contributed by atoms with van der Waals surface area (Å²) in [7, 11) is -1.34. The lowest BCUT2D eigenvalue weighted by atomic mass is 10.4. The maximum Gasteiger partial charge on any atom is 0.154 e. The minimum absolute atomic E-state index is 0.122. The Bertz CT molecular complexity index is 428. The van der Waals surface area contributed by atoms with E-state index in [1.807, 2.05) is 0 Å². The third-order valence-corrected chi connectivity index (χ3v) is 2.33. The summed E-state index contributed by atoms with van der Waals surface area (Å²) in [5, 5.41) is 2.85. The predicted octanol–water partition coefficient (Wildman–Crippen LogP) is 0.371. The maximum absolute atomic E-state index is 11.0. The summed E-state index contributed by atoms with van der Waals surface area (Å²) in [5.74, 6) is 0.844. The van der Waals surface area contributed by atoms with Crippen molar-refractivity contribution in [1.82, 2.24) is 9.97 Å². The van der Waals surface area contributed by atoms with Crippen LogP contribution in [0.1, 0.15) is 11.5 Å². The van der Waals surface area contributed by atoms with Gasteiger partial charge in [-0.2, -0.15) is 0 Å². The number of nitrogens with one attached hydrogen (secondary N) is 1. The standard InChI is InChI=1S/C8H13N3O2S/c1-6-4-7(9-2)11-8(10-6)5-14(3,12)13/h4H,5H2,1-3H3,(H,9,10,11). The van der Waals surface area contributed by atoms with Gasteiger partial charge in [0.2, 0.25) is 0 Å². The second-order valence-corrected chi connectivity index (χ2v) is 5.27. The van der Waals surface area contributed by atoms with Gasteiger partial charge in [-0.1, -0.05) is 0 Å². The Labute approximate surface area is 83.5 Å². The molecule has 0 spiro atoms. The predicted molar refractivity (Wildman–Crippen MR) is 54.9 cm³/mol. The Morgan fingerprint density at radius 2 is 2.07 bits per heavy atom. The van der Waals surface area contributed by atoms with E-state index >= 15 is 0 Å². The van der Waals surface area contributed by atoms with Crippen LogP contribution in [0.4, 0.5) is 5.82 Å². The molecule has 5 nitrogen and oxygen atoms in total. The molecule has 0 aliphatic rings. The third-order valence-electron chi connectivity index (χ3n) is 1.55. The summed E-state index contributed by atoms with van der Waals surface area (Å²) in [6.45, 7) is 1.80. The van der Waals surface area contributed by atoms with Gasteiger partial charge in [0.25, 0.3) is 0 Å². The Morgan fingerprint density at radius 1 is 1.43 bits per heavy atom. The molecule has 0 aliphatic carbocycles. The van der Waals surface area contributed by atoms with E-state index in [-0.39, 0.29) is 5.75 Å². The number of anilines is 1. The lowest BCUT2D eigenvalue weighted by Crippen LogP contribution is -2.07. The summed E-state index contributed by atoms with van der Waals surface area (Å²) < 4.78 is 22.0. The van der Waals surface area contributed by atoms with Crippen LogP contribution in [0.5, 0.6) is 0 Å². The van der Waals surface area contributed by atoms with Crippen molar-refractivity contribution < 1.29 is 8.42 Å². The zero-order valence-electron chi connectivity index (χ0n) is 8.40. The second kappa shape index (κ2) is 3.91. The molecule has 78 valence electrons. The number of nitrogens with zero attached hydrogens (tertiary/aromatic N) is 2. The van der Waals surface area contributed by atoms with Gasteiger partial charge in [0.05, 0.1) is 0 Å². The normalized spacial score (nSPS) is 11.4. The van der Waals surface area contributed by atoms with Gasteiger partial charge in [-0.15, -0.1) is 0 Å². The number of hydrogen-bond donors (Lipinski definition) is 1. The Hall–Kier alpha value is -1.17. The zero-order valence-corrected chi connectivity index (χ0v) is 9.22. The fourth-order valence-corrected chi connectivity index (χ4v) is 1.66. The molecule has 1 aromatic heterocycles. The highest BCUT2D eigenvalue weighted by Gasteiger charge is 2.08. The molecule has 1 heterocycles. The van der Waals surface area contributed by atoms with E-state index in [1.54, 1.807) is 20.0 Å². The van der Waals surface area contributed by atoms with Crippen molar-refractivity contribution in [3.05, 3.63) is 17.6 Å². The van der Waals surface area contributed by atoms with Crippen molar-refractivity contribution in [2.75, 3.05) is 18.6 Å². The average molecular weight is 215 g/mol. The second-order valence-electron chi connectivity index (χ2n) is 3.13. The monoisotopic (exact) mass is 215 g/mol. The fraction of sp³-hybridized carbons (Fsp3) is 0.500. The molecule has 0 unspecified atom stereocenters. The van der Waals surface area contributed by atoms with Crippen molar-refractivity contribution in [2.24, 2.45) is 0 Å². The van der Waals surface area contributed by atoms with Crippen molar-refractivity contribution in [3.63, 3.8) is 0 Å². The molecule has 0 amide bonds. The molecule has 1 aromatic rings. The number of aryl methyl sites for hydroxylation is 1. The third kappa shape index (κ3) is 3.29. The molecule has 0 saturated heterocycles. The number of sulfone groups is 1. The van der Waals surface area contributed by atoms with Crippen molar-refractivity contribution >= 4 is 15.7 Å². The molecule has 0 aromatic carbocycles. The van der Waals surface area contributed by atoms with Gasteiger partial charge in [-0.3, -0.25) is 0 Å². The highest BCUT2D eigenvalue weighted by molar-refractivity contribution is 7.89. The molecule has 0 bridgehead atoms. The summed E-state index contributed by atoms with van der Waals surface area (Å²) in [5.41, 5.74) is 0.753. The molecule has 0 saturated carbocycles. The van der Waals surface area contributed by atoms with Gasteiger partial charge in [0.1, 0.15) is 17.4 Å². The molecule has 1 N–H and O–H groups in total. The van der Waals surface area contributed by atoms with E-state index < -0.39 is 9.84 Å². The molecule has 0 aliphatic heterocycles. The van der Waals surface area contributed by atoms with E-state index in [0.29, 0.717) is 11.6 Å². The first-order valence-electron chi connectivity index (χ1n) is 4.11. The van der Waals surface area contributed by atoms with Crippen LogP contribution in [0.2, 0.25) is 0 Å². The van der Waals surface area contributed by atoms with Crippen molar-refractivity contribution in [2.45, 2.75) is 12.7 Å². The molecular formula is C8H13N3O2S. The van der Waals surface area contributed by atoms with E-state index in [4.69, 9.17) is 0 Å². The van der Waals surface area contributed by atoms with Crippen LogP contribution >= 0.6 is 0 Å². The topological polar surface area (TPSA) is 72.0 Å².